The zero-order valence-electron chi connectivity index (χ0n) is 9.53. The molecule has 0 atom stereocenters. The molecule has 1 aliphatic carbocycles. The summed E-state index contributed by atoms with van der Waals surface area (Å²) in [6.07, 6.45) is 7.62. The van der Waals surface area contributed by atoms with Gasteiger partial charge in [0.25, 0.3) is 0 Å². The normalized spacial score (nSPS) is 18.5. The van der Waals surface area contributed by atoms with Crippen LogP contribution in [0.5, 0.6) is 0 Å². The number of thiazole rings is 1. The number of aromatic nitrogens is 1. The number of amidine groups is 1. The Hall–Kier alpha value is -0.620. The van der Waals surface area contributed by atoms with Crippen molar-refractivity contribution in [3.05, 3.63) is 14.5 Å². The molecular formula is C11H16BrN3OS. The van der Waals surface area contributed by atoms with E-state index in [0.717, 1.165) is 21.8 Å². The minimum atomic E-state index is 0.0885. The third-order valence-electron chi connectivity index (χ3n) is 3.18. The van der Waals surface area contributed by atoms with Crippen LogP contribution in [0.4, 0.5) is 0 Å². The molecule has 0 aliphatic heterocycles. The highest BCUT2D eigenvalue weighted by atomic mass is 79.9. The first-order valence-electron chi connectivity index (χ1n) is 5.84. The second kappa shape index (κ2) is 5.82. The molecule has 17 heavy (non-hydrogen) atoms. The van der Waals surface area contributed by atoms with Crippen LogP contribution >= 0.6 is 27.3 Å². The Kier molecular flexibility index (Phi) is 4.39. The molecule has 0 amide bonds. The van der Waals surface area contributed by atoms with Crippen LogP contribution in [0.1, 0.15) is 42.8 Å². The lowest BCUT2D eigenvalue weighted by molar-refractivity contribution is 0.318. The van der Waals surface area contributed by atoms with Crippen LogP contribution < -0.4 is 5.73 Å². The summed E-state index contributed by atoms with van der Waals surface area (Å²) in [5.41, 5.74) is 6.58. The Bertz CT molecular complexity index is 413. The molecule has 0 unspecified atom stereocenters. The number of rotatable bonds is 3. The Morgan fingerprint density at radius 3 is 2.82 bits per heavy atom. The summed E-state index contributed by atoms with van der Waals surface area (Å²) in [7, 11) is 0. The predicted octanol–water partition coefficient (Wildman–Crippen LogP) is 3.12. The van der Waals surface area contributed by atoms with Crippen LogP contribution in [-0.2, 0) is 6.42 Å². The Labute approximate surface area is 113 Å². The molecule has 1 saturated carbocycles. The highest BCUT2D eigenvalue weighted by molar-refractivity contribution is 9.11. The second-order valence-corrected chi connectivity index (χ2v) is 6.75. The minimum Gasteiger partial charge on any atom is -0.409 e. The number of oxime groups is 1. The summed E-state index contributed by atoms with van der Waals surface area (Å²) in [6, 6.07) is 0. The number of hydrogen-bond acceptors (Lipinski definition) is 4. The van der Waals surface area contributed by atoms with Gasteiger partial charge < -0.3 is 10.9 Å². The van der Waals surface area contributed by atoms with Crippen molar-refractivity contribution < 1.29 is 5.21 Å². The van der Waals surface area contributed by atoms with E-state index in [4.69, 9.17) is 10.9 Å². The van der Waals surface area contributed by atoms with E-state index in [-0.39, 0.29) is 5.84 Å². The average Bonchev–Trinajstić information content (AvgIpc) is 2.71. The first-order valence-corrected chi connectivity index (χ1v) is 7.44. The van der Waals surface area contributed by atoms with Gasteiger partial charge in [-0.15, -0.1) is 11.3 Å². The monoisotopic (exact) mass is 317 g/mol. The molecule has 0 bridgehead atoms. The first-order chi connectivity index (χ1) is 8.20. The number of hydrogen-bond donors (Lipinski definition) is 2. The third-order valence-corrected chi connectivity index (χ3v) is 5.04. The molecule has 6 heteroatoms. The second-order valence-electron chi connectivity index (χ2n) is 4.43. The molecule has 0 radical (unpaired) electrons. The maximum Gasteiger partial charge on any atom is 0.199 e. The molecule has 1 fully saturated rings. The Balaban J connectivity index is 2.07. The number of nitrogens with zero attached hydrogens (tertiary/aromatic N) is 2. The van der Waals surface area contributed by atoms with Crippen molar-refractivity contribution in [2.45, 2.75) is 38.5 Å². The predicted molar refractivity (Wildman–Crippen MR) is 72.6 cm³/mol. The van der Waals surface area contributed by atoms with Gasteiger partial charge in [0.15, 0.2) is 10.8 Å². The molecule has 0 spiro atoms. The highest BCUT2D eigenvalue weighted by Gasteiger charge is 2.18. The molecule has 1 aromatic rings. The molecule has 3 N–H and O–H groups in total. The molecule has 0 aromatic carbocycles. The molecule has 1 aromatic heterocycles. The molecular weight excluding hydrogens is 302 g/mol. The topological polar surface area (TPSA) is 71.5 Å². The fourth-order valence-corrected chi connectivity index (χ4v) is 3.70. The van der Waals surface area contributed by atoms with Crippen molar-refractivity contribution in [3.63, 3.8) is 0 Å². The lowest BCUT2D eigenvalue weighted by Gasteiger charge is -2.20. The van der Waals surface area contributed by atoms with Crippen molar-refractivity contribution in [3.8, 4) is 0 Å². The van der Waals surface area contributed by atoms with E-state index in [1.165, 1.54) is 43.4 Å². The van der Waals surface area contributed by atoms with Crippen LogP contribution in [0.25, 0.3) is 0 Å². The van der Waals surface area contributed by atoms with Crippen LogP contribution in [-0.4, -0.2) is 16.0 Å². The summed E-state index contributed by atoms with van der Waals surface area (Å²) in [5, 5.41) is 12.2. The van der Waals surface area contributed by atoms with Gasteiger partial charge in [0.05, 0.1) is 9.48 Å². The van der Waals surface area contributed by atoms with E-state index in [1.807, 2.05) is 0 Å². The first kappa shape index (κ1) is 12.8. The van der Waals surface area contributed by atoms with Gasteiger partial charge in [-0.1, -0.05) is 37.3 Å². The van der Waals surface area contributed by atoms with Crippen molar-refractivity contribution in [1.29, 1.82) is 0 Å². The van der Waals surface area contributed by atoms with E-state index in [2.05, 4.69) is 26.1 Å². The van der Waals surface area contributed by atoms with E-state index in [9.17, 15) is 0 Å². The van der Waals surface area contributed by atoms with Gasteiger partial charge in [0.2, 0.25) is 0 Å². The van der Waals surface area contributed by atoms with E-state index in [0.29, 0.717) is 5.01 Å². The Morgan fingerprint density at radius 1 is 1.47 bits per heavy atom. The van der Waals surface area contributed by atoms with Crippen molar-refractivity contribution in [2.24, 2.45) is 16.8 Å². The summed E-state index contributed by atoms with van der Waals surface area (Å²) >= 11 is 4.93. The number of nitrogens with two attached hydrogens (primary N) is 1. The molecule has 1 aliphatic rings. The van der Waals surface area contributed by atoms with Gasteiger partial charge in [0, 0.05) is 0 Å². The summed E-state index contributed by atoms with van der Waals surface area (Å²) in [6.45, 7) is 0. The number of halogens is 1. The van der Waals surface area contributed by atoms with Gasteiger partial charge in [-0.2, -0.15) is 0 Å². The minimum absolute atomic E-state index is 0.0885. The van der Waals surface area contributed by atoms with E-state index >= 15 is 0 Å². The van der Waals surface area contributed by atoms with Crippen molar-refractivity contribution in [1.82, 2.24) is 4.98 Å². The van der Waals surface area contributed by atoms with E-state index < -0.39 is 0 Å². The van der Waals surface area contributed by atoms with Gasteiger partial charge in [-0.25, -0.2) is 4.98 Å². The fraction of sp³-hybridized carbons (Fsp3) is 0.636. The maximum atomic E-state index is 8.62. The van der Waals surface area contributed by atoms with Crippen molar-refractivity contribution in [2.75, 3.05) is 0 Å². The lowest BCUT2D eigenvalue weighted by Crippen LogP contribution is -2.13. The largest absolute Gasteiger partial charge is 0.409 e. The SMILES string of the molecule is N/C(=N\O)c1nc(CC2CCCCC2)c(Br)s1. The van der Waals surface area contributed by atoms with Crippen molar-refractivity contribution >= 4 is 33.1 Å². The lowest BCUT2D eigenvalue weighted by atomic mass is 9.86. The summed E-state index contributed by atoms with van der Waals surface area (Å²) < 4.78 is 1.00. The summed E-state index contributed by atoms with van der Waals surface area (Å²) in [5.74, 6) is 0.827. The quantitative estimate of drug-likeness (QED) is 0.389. The van der Waals surface area contributed by atoms with E-state index in [1.54, 1.807) is 0 Å². The molecule has 1 heterocycles. The standard InChI is InChI=1S/C11H16BrN3OS/c12-9-8(6-7-4-2-1-3-5-7)14-11(17-9)10(13)15-16/h7,16H,1-6H2,(H2,13,15). The van der Waals surface area contributed by atoms with Gasteiger partial charge in [-0.05, 0) is 28.3 Å². The average molecular weight is 318 g/mol. The zero-order valence-corrected chi connectivity index (χ0v) is 11.9. The van der Waals surface area contributed by atoms with Crippen LogP contribution in [0, 0.1) is 5.92 Å². The smallest absolute Gasteiger partial charge is 0.199 e. The van der Waals surface area contributed by atoms with Crippen LogP contribution in [0.3, 0.4) is 0 Å². The van der Waals surface area contributed by atoms with Crippen LogP contribution in [0.15, 0.2) is 8.94 Å². The molecule has 94 valence electrons. The summed E-state index contributed by atoms with van der Waals surface area (Å²) in [4.78, 5) is 4.43. The van der Waals surface area contributed by atoms with Gasteiger partial charge in [0.1, 0.15) is 0 Å². The molecule has 0 saturated heterocycles. The maximum absolute atomic E-state index is 8.62. The highest BCUT2D eigenvalue weighted by Crippen LogP contribution is 2.31. The fourth-order valence-electron chi connectivity index (χ4n) is 2.28. The Morgan fingerprint density at radius 2 is 2.18 bits per heavy atom. The van der Waals surface area contributed by atoms with Gasteiger partial charge >= 0.3 is 0 Å². The van der Waals surface area contributed by atoms with Gasteiger partial charge in [-0.3, -0.25) is 0 Å². The zero-order chi connectivity index (χ0) is 12.3. The molecule has 2 rings (SSSR count). The van der Waals surface area contributed by atoms with Crippen LogP contribution in [0.2, 0.25) is 0 Å². The third kappa shape index (κ3) is 3.19. The molecule has 4 nitrogen and oxygen atoms in total.